The molecule has 2 N–H and O–H groups in total. The van der Waals surface area contributed by atoms with Crippen molar-refractivity contribution in [2.45, 2.75) is 20.3 Å². The number of hydrogen-bond acceptors (Lipinski definition) is 5. The number of benzene rings is 1. The summed E-state index contributed by atoms with van der Waals surface area (Å²) in [4.78, 5) is 17.8. The summed E-state index contributed by atoms with van der Waals surface area (Å²) in [6.45, 7) is 2.68. The maximum atomic E-state index is 8.89. The number of aliphatic carboxylic acids is 2. The number of hydrogen-bond donors (Lipinski definition) is 1. The van der Waals surface area contributed by atoms with Gasteiger partial charge >= 0.3 is 19.5 Å². The quantitative estimate of drug-likeness (QED) is 0.683. The molecule has 0 saturated carbocycles. The summed E-state index contributed by atoms with van der Waals surface area (Å²) in [5.41, 5.74) is 6.68. The van der Waals surface area contributed by atoms with Crippen LogP contribution in [0.3, 0.4) is 0 Å². The first-order valence-corrected chi connectivity index (χ1v) is 4.99. The molecule has 0 spiro atoms. The van der Waals surface area contributed by atoms with Crippen LogP contribution < -0.4 is 15.9 Å². The molecule has 1 aromatic rings. The van der Waals surface area contributed by atoms with E-state index in [4.69, 9.17) is 25.5 Å². The summed E-state index contributed by atoms with van der Waals surface area (Å²) >= 11 is 0. The van der Waals surface area contributed by atoms with Gasteiger partial charge in [0, 0.05) is 11.9 Å². The first-order chi connectivity index (χ1) is 7.90. The second kappa shape index (κ2) is 15.7. The fraction of sp³-hybridized carbons (Fsp3) is 0.333. The van der Waals surface area contributed by atoms with E-state index in [1.165, 1.54) is 5.56 Å². The monoisotopic (exact) mass is 303 g/mol. The summed E-state index contributed by atoms with van der Waals surface area (Å²) in [6.07, 6.45) is 0.987. The van der Waals surface area contributed by atoms with Gasteiger partial charge in [0.15, 0.2) is 0 Å². The van der Waals surface area contributed by atoms with Gasteiger partial charge in [-0.2, -0.15) is 0 Å². The van der Waals surface area contributed by atoms with Crippen molar-refractivity contribution >= 4 is 11.9 Å². The molecular formula is C12H17NO4Zn. The zero-order valence-electron chi connectivity index (χ0n) is 10.7. The Morgan fingerprint density at radius 2 is 1.39 bits per heavy atom. The second-order valence-corrected chi connectivity index (χ2v) is 3.01. The molecule has 0 fully saturated rings. The van der Waals surface area contributed by atoms with Gasteiger partial charge in [0.05, 0.1) is 0 Å². The van der Waals surface area contributed by atoms with Crippen molar-refractivity contribution in [3.63, 3.8) is 0 Å². The predicted molar refractivity (Wildman–Crippen MR) is 60.6 cm³/mol. The Hall–Kier alpha value is -1.26. The molecular weight excluding hydrogens is 288 g/mol. The molecule has 0 aliphatic heterocycles. The molecule has 0 radical (unpaired) electrons. The van der Waals surface area contributed by atoms with Crippen LogP contribution in [0.5, 0.6) is 0 Å². The van der Waals surface area contributed by atoms with E-state index in [1.807, 2.05) is 18.2 Å². The minimum atomic E-state index is -1.08. The van der Waals surface area contributed by atoms with E-state index < -0.39 is 11.9 Å². The van der Waals surface area contributed by atoms with E-state index in [0.717, 1.165) is 26.8 Å². The molecule has 0 aromatic heterocycles. The summed E-state index contributed by atoms with van der Waals surface area (Å²) in [7, 11) is 0. The van der Waals surface area contributed by atoms with Gasteiger partial charge in [-0.3, -0.25) is 0 Å². The van der Waals surface area contributed by atoms with E-state index in [2.05, 4.69) is 12.1 Å². The Labute approximate surface area is 120 Å². The molecule has 0 saturated heterocycles. The zero-order valence-corrected chi connectivity index (χ0v) is 13.7. The maximum absolute atomic E-state index is 8.89. The average Bonchev–Trinajstić information content (AvgIpc) is 2.18. The molecule has 0 unspecified atom stereocenters. The Bertz CT molecular complexity index is 297. The third kappa shape index (κ3) is 29.3. The molecule has 1 aromatic carbocycles. The topological polar surface area (TPSA) is 106 Å². The van der Waals surface area contributed by atoms with Crippen molar-refractivity contribution < 1.29 is 39.3 Å². The third-order valence-electron chi connectivity index (χ3n) is 1.28. The molecule has 96 valence electrons. The number of carbonyl (C=O) groups excluding carboxylic acids is 2. The molecule has 18 heavy (non-hydrogen) atoms. The number of carboxylic acids is 2. The van der Waals surface area contributed by atoms with Crippen molar-refractivity contribution in [1.82, 2.24) is 0 Å². The molecule has 6 heteroatoms. The summed E-state index contributed by atoms with van der Waals surface area (Å²) in [5.74, 6) is -2.17. The smallest absolute Gasteiger partial charge is 0.550 e. The van der Waals surface area contributed by atoms with Crippen LogP contribution in [0.25, 0.3) is 0 Å². The van der Waals surface area contributed by atoms with Gasteiger partial charge in [-0.05, 0) is 32.4 Å². The molecule has 1 rings (SSSR count). The Balaban J connectivity index is -0.000000214. The van der Waals surface area contributed by atoms with Gasteiger partial charge in [-0.1, -0.05) is 30.3 Å². The number of carbonyl (C=O) groups is 2. The van der Waals surface area contributed by atoms with Crippen molar-refractivity contribution in [2.24, 2.45) is 5.73 Å². The Kier molecular flexibility index (Phi) is 19.2. The summed E-state index contributed by atoms with van der Waals surface area (Å²) in [5, 5.41) is 17.8. The Morgan fingerprint density at radius 1 is 1.06 bits per heavy atom. The minimum absolute atomic E-state index is 0. The van der Waals surface area contributed by atoms with E-state index in [1.54, 1.807) is 0 Å². The van der Waals surface area contributed by atoms with Crippen LogP contribution >= 0.6 is 0 Å². The van der Waals surface area contributed by atoms with Gasteiger partial charge in [0.25, 0.3) is 0 Å². The third-order valence-corrected chi connectivity index (χ3v) is 1.28. The van der Waals surface area contributed by atoms with Crippen molar-refractivity contribution in [1.29, 1.82) is 0 Å². The summed E-state index contributed by atoms with van der Waals surface area (Å²) < 4.78 is 0. The van der Waals surface area contributed by atoms with Crippen molar-refractivity contribution in [2.75, 3.05) is 6.54 Å². The van der Waals surface area contributed by atoms with Crippen LogP contribution in [0, 0.1) is 0 Å². The van der Waals surface area contributed by atoms with Crippen LogP contribution in [-0.4, -0.2) is 18.5 Å². The van der Waals surface area contributed by atoms with Gasteiger partial charge in [-0.25, -0.2) is 0 Å². The second-order valence-electron chi connectivity index (χ2n) is 3.01. The van der Waals surface area contributed by atoms with Crippen molar-refractivity contribution in [3.05, 3.63) is 35.9 Å². The molecule has 0 aliphatic carbocycles. The van der Waals surface area contributed by atoms with Gasteiger partial charge in [0.1, 0.15) is 0 Å². The first-order valence-electron chi connectivity index (χ1n) is 4.99. The molecule has 5 nitrogen and oxygen atoms in total. The van der Waals surface area contributed by atoms with E-state index in [-0.39, 0.29) is 19.5 Å². The largest absolute Gasteiger partial charge is 2.00 e. The maximum Gasteiger partial charge on any atom is 2.00 e. The van der Waals surface area contributed by atoms with E-state index in [0.29, 0.717) is 0 Å². The number of nitrogens with two attached hydrogens (primary N) is 1. The van der Waals surface area contributed by atoms with Crippen LogP contribution in [-0.2, 0) is 35.5 Å². The number of carboxylic acid groups (broad SMARTS) is 2. The van der Waals surface area contributed by atoms with Gasteiger partial charge < -0.3 is 25.5 Å². The SMILES string of the molecule is CC(=O)[O-].CC(=O)[O-].NCCc1ccccc1.[Zn+2]. The minimum Gasteiger partial charge on any atom is -0.550 e. The van der Waals surface area contributed by atoms with Crippen LogP contribution in [0.4, 0.5) is 0 Å². The Morgan fingerprint density at radius 3 is 1.67 bits per heavy atom. The van der Waals surface area contributed by atoms with E-state index in [9.17, 15) is 0 Å². The standard InChI is InChI=1S/C8H11N.2C2H4O2.Zn/c9-7-6-8-4-2-1-3-5-8;2*1-2(3)4;/h1-5H,6-7,9H2;2*1H3,(H,3,4);/q;;;+2/p-2. The van der Waals surface area contributed by atoms with Crippen LogP contribution in [0.2, 0.25) is 0 Å². The first kappa shape index (κ1) is 22.0. The normalized spacial score (nSPS) is 7.50. The van der Waals surface area contributed by atoms with Crippen LogP contribution in [0.1, 0.15) is 19.4 Å². The van der Waals surface area contributed by atoms with Crippen molar-refractivity contribution in [3.8, 4) is 0 Å². The van der Waals surface area contributed by atoms with Gasteiger partial charge in [-0.15, -0.1) is 0 Å². The number of rotatable bonds is 2. The average molecular weight is 305 g/mol. The predicted octanol–water partition coefficient (Wildman–Crippen LogP) is -1.30. The summed E-state index contributed by atoms with van der Waals surface area (Å²) in [6, 6.07) is 10.3. The molecule has 0 atom stereocenters. The fourth-order valence-electron chi connectivity index (χ4n) is 0.811. The molecule has 0 heterocycles. The fourth-order valence-corrected chi connectivity index (χ4v) is 0.811. The van der Waals surface area contributed by atoms with Gasteiger partial charge in [0.2, 0.25) is 0 Å². The molecule has 0 amide bonds. The molecule has 0 aliphatic rings. The zero-order chi connectivity index (χ0) is 13.7. The van der Waals surface area contributed by atoms with Crippen LogP contribution in [0.15, 0.2) is 30.3 Å². The molecule has 0 bridgehead atoms. The van der Waals surface area contributed by atoms with E-state index >= 15 is 0 Å².